The van der Waals surface area contributed by atoms with Gasteiger partial charge in [0.1, 0.15) is 0 Å². The molecule has 83 valence electrons. The molecule has 1 heterocycles. The molecule has 1 N–H and O–H groups in total. The van der Waals surface area contributed by atoms with Gasteiger partial charge in [-0.2, -0.15) is 0 Å². The van der Waals surface area contributed by atoms with Gasteiger partial charge in [-0.3, -0.25) is 0 Å². The summed E-state index contributed by atoms with van der Waals surface area (Å²) >= 11 is 0. The molecule has 1 aliphatic rings. The van der Waals surface area contributed by atoms with Crippen molar-refractivity contribution < 1.29 is 10.3 Å². The number of hydrogen-bond donors (Lipinski definition) is 1. The summed E-state index contributed by atoms with van der Waals surface area (Å²) in [7, 11) is 0. The summed E-state index contributed by atoms with van der Waals surface area (Å²) in [6.07, 6.45) is 2.86. The summed E-state index contributed by atoms with van der Waals surface area (Å²) in [5.41, 5.74) is -0.757. The Labute approximate surface area is 86.7 Å². The number of aliphatic hydroxyl groups excluding tert-OH is 1. The summed E-state index contributed by atoms with van der Waals surface area (Å²) < 4.78 is 0. The van der Waals surface area contributed by atoms with E-state index in [-0.39, 0.29) is 11.6 Å². The second kappa shape index (κ2) is 3.80. The molecule has 1 unspecified atom stereocenters. The van der Waals surface area contributed by atoms with Crippen LogP contribution in [-0.2, 0) is 5.21 Å². The van der Waals surface area contributed by atoms with E-state index in [2.05, 4.69) is 0 Å². The van der Waals surface area contributed by atoms with Crippen LogP contribution in [0, 0.1) is 0 Å². The van der Waals surface area contributed by atoms with Crippen LogP contribution in [-0.4, -0.2) is 27.4 Å². The highest BCUT2D eigenvalue weighted by Crippen LogP contribution is 2.34. The Morgan fingerprint density at radius 3 is 2.36 bits per heavy atom. The van der Waals surface area contributed by atoms with Crippen LogP contribution in [0.2, 0.25) is 0 Å². The molecule has 0 aliphatic carbocycles. The fourth-order valence-corrected chi connectivity index (χ4v) is 2.45. The molecular formula is C11H22NO2. The predicted octanol–water partition coefficient (Wildman–Crippen LogP) is 2.13. The van der Waals surface area contributed by atoms with Crippen molar-refractivity contribution in [2.45, 2.75) is 70.6 Å². The van der Waals surface area contributed by atoms with E-state index >= 15 is 0 Å². The van der Waals surface area contributed by atoms with Crippen LogP contribution < -0.4 is 0 Å². The zero-order valence-corrected chi connectivity index (χ0v) is 9.71. The molecule has 0 aromatic rings. The van der Waals surface area contributed by atoms with Crippen LogP contribution in [0.5, 0.6) is 0 Å². The van der Waals surface area contributed by atoms with E-state index in [1.54, 1.807) is 0 Å². The molecule has 1 saturated heterocycles. The Morgan fingerprint density at radius 2 is 1.79 bits per heavy atom. The average Bonchev–Trinajstić information content (AvgIpc) is 2.00. The number of hydrogen-bond acceptors (Lipinski definition) is 2. The van der Waals surface area contributed by atoms with Crippen LogP contribution in [0.25, 0.3) is 0 Å². The number of rotatable bonds is 0. The number of hydroxylamine groups is 2. The van der Waals surface area contributed by atoms with Gasteiger partial charge in [0.05, 0.1) is 6.10 Å². The van der Waals surface area contributed by atoms with Crippen molar-refractivity contribution in [3.63, 3.8) is 0 Å². The predicted molar refractivity (Wildman–Crippen MR) is 55.2 cm³/mol. The molecule has 1 atom stereocenters. The largest absolute Gasteiger partial charge is 0.393 e. The zero-order valence-electron chi connectivity index (χ0n) is 9.71. The first-order valence-corrected chi connectivity index (χ1v) is 5.41. The van der Waals surface area contributed by atoms with Crippen LogP contribution in [0.15, 0.2) is 0 Å². The molecular weight excluding hydrogens is 178 g/mol. The molecule has 0 aromatic carbocycles. The maximum absolute atomic E-state index is 12.1. The third kappa shape index (κ3) is 2.47. The Hall–Kier alpha value is -0.120. The molecule has 0 bridgehead atoms. The van der Waals surface area contributed by atoms with E-state index in [9.17, 15) is 10.3 Å². The van der Waals surface area contributed by atoms with Gasteiger partial charge in [-0.15, -0.1) is 10.3 Å². The fourth-order valence-electron chi connectivity index (χ4n) is 2.45. The molecule has 0 spiro atoms. The minimum absolute atomic E-state index is 0.302. The first kappa shape index (κ1) is 12.0. The van der Waals surface area contributed by atoms with E-state index in [0.29, 0.717) is 6.42 Å². The van der Waals surface area contributed by atoms with Crippen LogP contribution >= 0.6 is 0 Å². The van der Waals surface area contributed by atoms with Gasteiger partial charge in [-0.05, 0) is 53.4 Å². The lowest BCUT2D eigenvalue weighted by Crippen LogP contribution is -2.55. The standard InChI is InChI=1S/C11H22NO2/c1-10(2)7-5-6-9(13)8-11(3,4)12(10)14/h9,13H,5-8H2,1-4H3. The normalized spacial score (nSPS) is 33.4. The topological polar surface area (TPSA) is 43.4 Å². The Kier molecular flexibility index (Phi) is 3.24. The third-order valence-electron chi connectivity index (χ3n) is 3.16. The molecule has 3 heteroatoms. The van der Waals surface area contributed by atoms with Crippen molar-refractivity contribution in [3.8, 4) is 0 Å². The van der Waals surface area contributed by atoms with Gasteiger partial charge >= 0.3 is 0 Å². The Bertz CT molecular complexity index is 201. The van der Waals surface area contributed by atoms with E-state index in [0.717, 1.165) is 19.3 Å². The van der Waals surface area contributed by atoms with Crippen LogP contribution in [0.1, 0.15) is 53.4 Å². The molecule has 0 aromatic heterocycles. The summed E-state index contributed by atoms with van der Waals surface area (Å²) in [5.74, 6) is 0. The highest BCUT2D eigenvalue weighted by molar-refractivity contribution is 4.90. The molecule has 1 aliphatic heterocycles. The SMILES string of the molecule is CC1(C)CCCC(O)CC(C)(C)N1[O]. The Balaban J connectivity index is 2.82. The molecule has 0 amide bonds. The first-order chi connectivity index (χ1) is 6.26. The van der Waals surface area contributed by atoms with Crippen LogP contribution in [0.3, 0.4) is 0 Å². The van der Waals surface area contributed by atoms with Crippen molar-refractivity contribution in [1.29, 1.82) is 0 Å². The second-order valence-corrected chi connectivity index (χ2v) is 5.67. The Morgan fingerprint density at radius 1 is 1.21 bits per heavy atom. The number of aliphatic hydroxyl groups is 1. The molecule has 1 radical (unpaired) electrons. The van der Waals surface area contributed by atoms with Crippen molar-refractivity contribution in [1.82, 2.24) is 5.06 Å². The minimum atomic E-state index is -0.455. The fraction of sp³-hybridized carbons (Fsp3) is 1.00. The summed E-state index contributed by atoms with van der Waals surface area (Å²) in [5, 5.41) is 22.9. The van der Waals surface area contributed by atoms with Gasteiger partial charge < -0.3 is 5.11 Å². The highest BCUT2D eigenvalue weighted by atomic mass is 16.5. The second-order valence-electron chi connectivity index (χ2n) is 5.67. The molecule has 3 nitrogen and oxygen atoms in total. The quantitative estimate of drug-likeness (QED) is 0.651. The van der Waals surface area contributed by atoms with Gasteiger partial charge in [-0.25, -0.2) is 0 Å². The molecule has 14 heavy (non-hydrogen) atoms. The summed E-state index contributed by atoms with van der Waals surface area (Å²) in [4.78, 5) is 0. The lowest BCUT2D eigenvalue weighted by Gasteiger charge is -2.44. The lowest BCUT2D eigenvalue weighted by atomic mass is 9.84. The van der Waals surface area contributed by atoms with Gasteiger partial charge in [0, 0.05) is 11.1 Å². The first-order valence-electron chi connectivity index (χ1n) is 5.41. The van der Waals surface area contributed by atoms with Crippen molar-refractivity contribution in [2.24, 2.45) is 0 Å². The third-order valence-corrected chi connectivity index (χ3v) is 3.16. The maximum atomic E-state index is 12.1. The van der Waals surface area contributed by atoms with E-state index in [1.165, 1.54) is 5.06 Å². The van der Waals surface area contributed by atoms with Gasteiger partial charge in [0.25, 0.3) is 0 Å². The zero-order chi connectivity index (χ0) is 11.0. The summed E-state index contributed by atoms with van der Waals surface area (Å²) in [6.45, 7) is 7.80. The van der Waals surface area contributed by atoms with Gasteiger partial charge in [0.15, 0.2) is 0 Å². The molecule has 0 saturated carbocycles. The summed E-state index contributed by atoms with van der Waals surface area (Å²) in [6, 6.07) is 0. The van der Waals surface area contributed by atoms with Crippen molar-refractivity contribution >= 4 is 0 Å². The monoisotopic (exact) mass is 200 g/mol. The highest BCUT2D eigenvalue weighted by Gasteiger charge is 2.40. The molecule has 1 rings (SSSR count). The lowest BCUT2D eigenvalue weighted by molar-refractivity contribution is -0.281. The van der Waals surface area contributed by atoms with E-state index in [1.807, 2.05) is 27.7 Å². The molecule has 1 fully saturated rings. The van der Waals surface area contributed by atoms with E-state index < -0.39 is 5.54 Å². The van der Waals surface area contributed by atoms with Gasteiger partial charge in [-0.1, -0.05) is 0 Å². The van der Waals surface area contributed by atoms with Crippen LogP contribution in [0.4, 0.5) is 0 Å². The van der Waals surface area contributed by atoms with Crippen molar-refractivity contribution in [2.75, 3.05) is 0 Å². The average molecular weight is 200 g/mol. The van der Waals surface area contributed by atoms with E-state index in [4.69, 9.17) is 0 Å². The number of nitrogens with zero attached hydrogens (tertiary/aromatic N) is 1. The van der Waals surface area contributed by atoms with Crippen molar-refractivity contribution in [3.05, 3.63) is 0 Å². The maximum Gasteiger partial charge on any atom is 0.0558 e. The minimum Gasteiger partial charge on any atom is -0.393 e. The van der Waals surface area contributed by atoms with Gasteiger partial charge in [0.2, 0.25) is 0 Å². The smallest absolute Gasteiger partial charge is 0.0558 e.